The van der Waals surface area contributed by atoms with Crippen molar-refractivity contribution in [1.29, 1.82) is 0 Å². The third kappa shape index (κ3) is 4.00. The summed E-state index contributed by atoms with van der Waals surface area (Å²) in [7, 11) is 0. The van der Waals surface area contributed by atoms with Gasteiger partial charge >= 0.3 is 5.97 Å². The van der Waals surface area contributed by atoms with Crippen LogP contribution in [0.5, 0.6) is 0 Å². The minimum absolute atomic E-state index is 0.145. The molecule has 2 heterocycles. The van der Waals surface area contributed by atoms with Crippen LogP contribution in [0.25, 0.3) is 21.9 Å². The molecule has 1 saturated carbocycles. The second kappa shape index (κ2) is 8.60. The van der Waals surface area contributed by atoms with Crippen LogP contribution in [0, 0.1) is 5.92 Å². The van der Waals surface area contributed by atoms with Gasteiger partial charge in [0.2, 0.25) is 0 Å². The average Bonchev–Trinajstić information content (AvgIpc) is 3.18. The highest BCUT2D eigenvalue weighted by molar-refractivity contribution is 6.42. The lowest BCUT2D eigenvalue weighted by Crippen LogP contribution is -2.21. The lowest BCUT2D eigenvalue weighted by atomic mass is 9.81. The van der Waals surface area contributed by atoms with E-state index in [0.29, 0.717) is 29.4 Å². The normalized spacial score (nSPS) is 18.8. The van der Waals surface area contributed by atoms with E-state index in [9.17, 15) is 9.90 Å². The van der Waals surface area contributed by atoms with Gasteiger partial charge in [0, 0.05) is 23.4 Å². The molecule has 0 unspecified atom stereocenters. The Hall–Kier alpha value is -2.83. The van der Waals surface area contributed by atoms with Gasteiger partial charge in [0.15, 0.2) is 0 Å². The van der Waals surface area contributed by atoms with Crippen LogP contribution in [-0.4, -0.2) is 26.0 Å². The molecule has 0 radical (unpaired) electrons. The number of hydrogen-bond donors (Lipinski definition) is 3. The maximum absolute atomic E-state index is 11.3. The molecule has 1 fully saturated rings. The zero-order valence-electron chi connectivity index (χ0n) is 17.2. The van der Waals surface area contributed by atoms with Crippen LogP contribution < -0.4 is 5.32 Å². The Morgan fingerprint density at radius 1 is 1.06 bits per heavy atom. The zero-order chi connectivity index (χ0) is 22.2. The van der Waals surface area contributed by atoms with Gasteiger partial charge in [-0.3, -0.25) is 4.79 Å². The highest BCUT2D eigenvalue weighted by Gasteiger charge is 2.29. The van der Waals surface area contributed by atoms with Crippen molar-refractivity contribution in [3.63, 3.8) is 0 Å². The number of hydrogen-bond acceptors (Lipinski definition) is 4. The Morgan fingerprint density at radius 3 is 2.59 bits per heavy atom. The van der Waals surface area contributed by atoms with Crippen molar-refractivity contribution < 1.29 is 9.90 Å². The van der Waals surface area contributed by atoms with Crippen LogP contribution in [0.1, 0.15) is 43.0 Å². The van der Waals surface area contributed by atoms with Crippen molar-refractivity contribution in [1.82, 2.24) is 15.0 Å². The van der Waals surface area contributed by atoms with Crippen LogP contribution in [0.15, 0.2) is 42.5 Å². The average molecular weight is 469 g/mol. The van der Waals surface area contributed by atoms with Gasteiger partial charge < -0.3 is 15.4 Å². The second-order valence-corrected chi connectivity index (χ2v) is 9.13. The van der Waals surface area contributed by atoms with Crippen LogP contribution in [0.4, 0.5) is 5.82 Å². The van der Waals surface area contributed by atoms with E-state index >= 15 is 0 Å². The first-order chi connectivity index (χ1) is 15.5. The molecule has 2 aromatic carbocycles. The highest BCUT2D eigenvalue weighted by Crippen LogP contribution is 2.37. The number of aromatic amines is 1. The molecule has 8 heteroatoms. The van der Waals surface area contributed by atoms with E-state index < -0.39 is 5.97 Å². The van der Waals surface area contributed by atoms with E-state index in [-0.39, 0.29) is 11.8 Å². The summed E-state index contributed by atoms with van der Waals surface area (Å²) in [5, 5.41) is 15.8. The largest absolute Gasteiger partial charge is 0.481 e. The molecule has 6 nitrogen and oxygen atoms in total. The Labute approximate surface area is 195 Å². The molecule has 0 saturated heterocycles. The molecule has 0 amide bonds. The molecular formula is C24H22Cl2N4O2. The summed E-state index contributed by atoms with van der Waals surface area (Å²) < 4.78 is 0. The summed E-state index contributed by atoms with van der Waals surface area (Å²) in [6.07, 6.45) is 2.85. The second-order valence-electron chi connectivity index (χ2n) is 8.31. The predicted molar refractivity (Wildman–Crippen MR) is 128 cm³/mol. The van der Waals surface area contributed by atoms with Crippen LogP contribution in [-0.2, 0) is 11.3 Å². The molecular weight excluding hydrogens is 447 g/mol. The fraction of sp³-hybridized carbons (Fsp3) is 0.292. The summed E-state index contributed by atoms with van der Waals surface area (Å²) >= 11 is 12.2. The van der Waals surface area contributed by atoms with Gasteiger partial charge in [-0.2, -0.15) is 0 Å². The number of nitrogens with zero attached hydrogens (tertiary/aromatic N) is 2. The summed E-state index contributed by atoms with van der Waals surface area (Å²) in [5.41, 5.74) is 2.78. The van der Waals surface area contributed by atoms with E-state index in [0.717, 1.165) is 52.0 Å². The monoisotopic (exact) mass is 468 g/mol. The van der Waals surface area contributed by atoms with E-state index in [1.807, 2.05) is 30.3 Å². The first-order valence-corrected chi connectivity index (χ1v) is 11.4. The van der Waals surface area contributed by atoms with Crippen molar-refractivity contribution in [3.05, 3.63) is 63.9 Å². The number of benzene rings is 2. The molecule has 3 N–H and O–H groups in total. The van der Waals surface area contributed by atoms with Crippen molar-refractivity contribution >= 4 is 56.9 Å². The van der Waals surface area contributed by atoms with Gasteiger partial charge in [0.25, 0.3) is 0 Å². The number of nitrogens with one attached hydrogen (secondary N) is 2. The van der Waals surface area contributed by atoms with Gasteiger partial charge in [-0.15, -0.1) is 0 Å². The number of carbonyl (C=O) groups is 1. The zero-order valence-corrected chi connectivity index (χ0v) is 18.7. The van der Waals surface area contributed by atoms with E-state index in [1.165, 1.54) is 0 Å². The van der Waals surface area contributed by atoms with E-state index in [2.05, 4.69) is 16.4 Å². The Kier molecular flexibility index (Phi) is 5.66. The van der Waals surface area contributed by atoms with Gasteiger partial charge in [0.05, 0.1) is 21.3 Å². The molecule has 1 aliphatic carbocycles. The van der Waals surface area contributed by atoms with Crippen LogP contribution >= 0.6 is 23.2 Å². The molecule has 1 aliphatic rings. The SMILES string of the molecule is O=C(O)C1CCC(c2nc(NCc3ccc(Cl)c(Cl)c3)c3c(n2)[nH]c2ccccc23)CC1. The summed E-state index contributed by atoms with van der Waals surface area (Å²) in [4.78, 5) is 24.5. The van der Waals surface area contributed by atoms with Crippen molar-refractivity contribution in [2.45, 2.75) is 38.1 Å². The number of para-hydroxylation sites is 1. The summed E-state index contributed by atoms with van der Waals surface area (Å²) in [6.45, 7) is 0.535. The lowest BCUT2D eigenvalue weighted by Gasteiger charge is -2.25. The first-order valence-electron chi connectivity index (χ1n) is 10.7. The van der Waals surface area contributed by atoms with Gasteiger partial charge in [-0.25, -0.2) is 9.97 Å². The standard InChI is InChI=1S/C24H22Cl2N4O2/c25-17-10-5-13(11-18(17)26)12-27-22-20-16-3-1-2-4-19(16)28-23(20)30-21(29-22)14-6-8-15(9-7-14)24(31)32/h1-5,10-11,14-15H,6-9,12H2,(H,31,32)(H2,27,28,29,30). The third-order valence-corrected chi connectivity index (χ3v) is 7.00. The topological polar surface area (TPSA) is 90.9 Å². The molecule has 0 aliphatic heterocycles. The van der Waals surface area contributed by atoms with Gasteiger partial charge in [-0.1, -0.05) is 47.5 Å². The number of aliphatic carboxylic acids is 1. The Bertz CT molecular complexity index is 1310. The third-order valence-electron chi connectivity index (χ3n) is 6.26. The predicted octanol–water partition coefficient (Wildman–Crippen LogP) is 6.39. The van der Waals surface area contributed by atoms with Crippen LogP contribution in [0.3, 0.4) is 0 Å². The number of fused-ring (bicyclic) bond motifs is 3. The number of anilines is 1. The highest BCUT2D eigenvalue weighted by atomic mass is 35.5. The quantitative estimate of drug-likeness (QED) is 0.315. The Morgan fingerprint density at radius 2 is 1.84 bits per heavy atom. The fourth-order valence-electron chi connectivity index (χ4n) is 4.51. The summed E-state index contributed by atoms with van der Waals surface area (Å²) in [5.74, 6) is 0.681. The molecule has 2 aromatic heterocycles. The molecule has 32 heavy (non-hydrogen) atoms. The molecule has 4 aromatic rings. The lowest BCUT2D eigenvalue weighted by molar-refractivity contribution is -0.142. The number of carboxylic acids is 1. The number of aromatic nitrogens is 3. The smallest absolute Gasteiger partial charge is 0.306 e. The molecule has 0 bridgehead atoms. The molecule has 164 valence electrons. The van der Waals surface area contributed by atoms with Crippen molar-refractivity contribution in [2.75, 3.05) is 5.32 Å². The van der Waals surface area contributed by atoms with Gasteiger partial charge in [0.1, 0.15) is 17.3 Å². The number of halogens is 2. The minimum atomic E-state index is -0.709. The van der Waals surface area contributed by atoms with Gasteiger partial charge in [-0.05, 0) is 49.4 Å². The van der Waals surface area contributed by atoms with E-state index in [4.69, 9.17) is 33.2 Å². The molecule has 5 rings (SSSR count). The maximum atomic E-state index is 11.3. The maximum Gasteiger partial charge on any atom is 0.306 e. The number of rotatable bonds is 5. The molecule has 0 spiro atoms. The fourth-order valence-corrected chi connectivity index (χ4v) is 4.83. The Balaban J connectivity index is 1.51. The number of carboxylic acid groups (broad SMARTS) is 1. The minimum Gasteiger partial charge on any atom is -0.481 e. The first kappa shape index (κ1) is 21.0. The summed E-state index contributed by atoms with van der Waals surface area (Å²) in [6, 6.07) is 13.6. The van der Waals surface area contributed by atoms with Crippen molar-refractivity contribution in [2.24, 2.45) is 5.92 Å². The van der Waals surface area contributed by atoms with E-state index in [1.54, 1.807) is 6.07 Å². The van der Waals surface area contributed by atoms with Crippen LogP contribution in [0.2, 0.25) is 10.0 Å². The van der Waals surface area contributed by atoms with Crippen molar-refractivity contribution in [3.8, 4) is 0 Å². The number of H-pyrrole nitrogens is 1. The molecule has 0 atom stereocenters.